The summed E-state index contributed by atoms with van der Waals surface area (Å²) in [6.07, 6.45) is 1.00. The van der Waals surface area contributed by atoms with E-state index in [0.717, 1.165) is 18.7 Å². The van der Waals surface area contributed by atoms with Crippen molar-refractivity contribution in [1.82, 2.24) is 10.3 Å². The molecule has 12 heavy (non-hydrogen) atoms. The summed E-state index contributed by atoms with van der Waals surface area (Å²) in [5.41, 5.74) is 1.04. The number of rotatable bonds is 5. The molecule has 0 saturated heterocycles. The minimum absolute atomic E-state index is 0.621. The normalized spacial score (nSPS) is 10.5. The van der Waals surface area contributed by atoms with E-state index in [1.807, 2.05) is 7.05 Å². The van der Waals surface area contributed by atoms with Crippen molar-refractivity contribution in [1.29, 1.82) is 0 Å². The Labute approximate surface area is 76.8 Å². The summed E-state index contributed by atoms with van der Waals surface area (Å²) < 4.78 is 4.97. The molecule has 1 rings (SSSR count). The summed E-state index contributed by atoms with van der Waals surface area (Å²) >= 11 is 1.70. The standard InChI is InChI=1S/C8H14N2OS/c1-9-4-3-8-10-7(5-11-2)6-12-8/h6,9H,3-5H2,1-2H3. The number of hydrogen-bond acceptors (Lipinski definition) is 4. The third-order valence-corrected chi connectivity index (χ3v) is 2.44. The molecule has 0 spiro atoms. The van der Waals surface area contributed by atoms with Crippen LogP contribution in [0.25, 0.3) is 0 Å². The molecule has 0 aliphatic rings. The number of nitrogens with one attached hydrogen (secondary N) is 1. The Morgan fingerprint density at radius 3 is 3.17 bits per heavy atom. The quantitative estimate of drug-likeness (QED) is 0.746. The van der Waals surface area contributed by atoms with Crippen molar-refractivity contribution in [2.45, 2.75) is 13.0 Å². The summed E-state index contributed by atoms with van der Waals surface area (Å²) in [7, 11) is 3.64. The predicted molar refractivity (Wildman–Crippen MR) is 50.5 cm³/mol. The summed E-state index contributed by atoms with van der Waals surface area (Å²) in [6.45, 7) is 1.61. The van der Waals surface area contributed by atoms with E-state index in [9.17, 15) is 0 Å². The van der Waals surface area contributed by atoms with Gasteiger partial charge in [-0.05, 0) is 7.05 Å². The summed E-state index contributed by atoms with van der Waals surface area (Å²) in [5, 5.41) is 6.32. The molecule has 0 atom stereocenters. The van der Waals surface area contributed by atoms with Crippen molar-refractivity contribution < 1.29 is 4.74 Å². The summed E-state index contributed by atoms with van der Waals surface area (Å²) in [6, 6.07) is 0. The Kier molecular flexibility index (Phi) is 4.21. The average Bonchev–Trinajstić information content (AvgIpc) is 2.50. The molecule has 1 N–H and O–H groups in total. The largest absolute Gasteiger partial charge is 0.378 e. The van der Waals surface area contributed by atoms with E-state index in [4.69, 9.17) is 4.74 Å². The van der Waals surface area contributed by atoms with Crippen LogP contribution in [0.3, 0.4) is 0 Å². The van der Waals surface area contributed by atoms with Crippen LogP contribution in [0.15, 0.2) is 5.38 Å². The minimum atomic E-state index is 0.621. The molecule has 0 bridgehead atoms. The first-order valence-corrected chi connectivity index (χ1v) is 4.81. The van der Waals surface area contributed by atoms with Crippen LogP contribution in [0, 0.1) is 0 Å². The minimum Gasteiger partial charge on any atom is -0.378 e. The second-order valence-electron chi connectivity index (χ2n) is 2.52. The number of thiazole rings is 1. The second kappa shape index (κ2) is 5.24. The third-order valence-electron chi connectivity index (χ3n) is 1.48. The SMILES string of the molecule is CNCCc1nc(COC)cs1. The van der Waals surface area contributed by atoms with Gasteiger partial charge in [0.1, 0.15) is 0 Å². The van der Waals surface area contributed by atoms with Crippen LogP contribution in [0.5, 0.6) is 0 Å². The van der Waals surface area contributed by atoms with E-state index in [0.29, 0.717) is 6.61 Å². The zero-order valence-corrected chi connectivity index (χ0v) is 8.28. The fourth-order valence-corrected chi connectivity index (χ4v) is 1.69. The topological polar surface area (TPSA) is 34.2 Å². The van der Waals surface area contributed by atoms with Crippen LogP contribution in [0.4, 0.5) is 0 Å². The average molecular weight is 186 g/mol. The van der Waals surface area contributed by atoms with Crippen LogP contribution in [-0.2, 0) is 17.8 Å². The van der Waals surface area contributed by atoms with Crippen molar-refractivity contribution in [3.8, 4) is 0 Å². The van der Waals surface area contributed by atoms with Crippen molar-refractivity contribution in [2.75, 3.05) is 20.7 Å². The zero-order valence-electron chi connectivity index (χ0n) is 7.46. The van der Waals surface area contributed by atoms with Gasteiger partial charge in [-0.2, -0.15) is 0 Å². The first-order valence-electron chi connectivity index (χ1n) is 3.93. The monoisotopic (exact) mass is 186 g/mol. The summed E-state index contributed by atoms with van der Waals surface area (Å²) in [4.78, 5) is 4.39. The molecule has 0 aliphatic heterocycles. The smallest absolute Gasteiger partial charge is 0.0941 e. The van der Waals surface area contributed by atoms with Crippen molar-refractivity contribution in [2.24, 2.45) is 0 Å². The highest BCUT2D eigenvalue weighted by atomic mass is 32.1. The molecule has 3 nitrogen and oxygen atoms in total. The van der Waals surface area contributed by atoms with Crippen LogP contribution in [0.2, 0.25) is 0 Å². The fourth-order valence-electron chi connectivity index (χ4n) is 0.910. The van der Waals surface area contributed by atoms with Gasteiger partial charge in [0.2, 0.25) is 0 Å². The highest BCUT2D eigenvalue weighted by Gasteiger charge is 1.99. The number of aromatic nitrogens is 1. The lowest BCUT2D eigenvalue weighted by atomic mass is 10.4. The van der Waals surface area contributed by atoms with E-state index < -0.39 is 0 Å². The first kappa shape index (κ1) is 9.64. The van der Waals surface area contributed by atoms with Gasteiger partial charge in [0, 0.05) is 25.5 Å². The molecule has 4 heteroatoms. The third kappa shape index (κ3) is 2.89. The molecule has 0 fully saturated rings. The first-order chi connectivity index (χ1) is 5.86. The Morgan fingerprint density at radius 2 is 2.50 bits per heavy atom. The van der Waals surface area contributed by atoms with Crippen LogP contribution >= 0.6 is 11.3 Å². The van der Waals surface area contributed by atoms with Gasteiger partial charge in [-0.1, -0.05) is 0 Å². The molecule has 0 radical (unpaired) electrons. The Morgan fingerprint density at radius 1 is 1.67 bits per heavy atom. The maximum Gasteiger partial charge on any atom is 0.0941 e. The van der Waals surface area contributed by atoms with Gasteiger partial charge in [0.15, 0.2) is 0 Å². The Balaban J connectivity index is 2.41. The lowest BCUT2D eigenvalue weighted by Crippen LogP contribution is -2.10. The number of ether oxygens (including phenoxy) is 1. The number of likely N-dealkylation sites (N-methyl/N-ethyl adjacent to an activating group) is 1. The second-order valence-corrected chi connectivity index (χ2v) is 3.46. The van der Waals surface area contributed by atoms with Crippen molar-refractivity contribution in [3.63, 3.8) is 0 Å². The zero-order chi connectivity index (χ0) is 8.81. The lowest BCUT2D eigenvalue weighted by molar-refractivity contribution is 0.182. The van der Waals surface area contributed by atoms with Gasteiger partial charge < -0.3 is 10.1 Å². The molecule has 0 aliphatic carbocycles. The molecular weight excluding hydrogens is 172 g/mol. The summed E-state index contributed by atoms with van der Waals surface area (Å²) in [5.74, 6) is 0. The predicted octanol–water partition coefficient (Wildman–Crippen LogP) is 1.05. The maximum absolute atomic E-state index is 4.97. The number of nitrogens with zero attached hydrogens (tertiary/aromatic N) is 1. The lowest BCUT2D eigenvalue weighted by Gasteiger charge is -1.94. The molecule has 0 saturated carbocycles. The Hall–Kier alpha value is -0.450. The molecule has 1 aromatic heterocycles. The molecule has 68 valence electrons. The van der Waals surface area contributed by atoms with E-state index >= 15 is 0 Å². The molecule has 0 aromatic carbocycles. The van der Waals surface area contributed by atoms with E-state index in [-0.39, 0.29) is 0 Å². The van der Waals surface area contributed by atoms with Crippen molar-refractivity contribution in [3.05, 3.63) is 16.1 Å². The van der Waals surface area contributed by atoms with Gasteiger partial charge >= 0.3 is 0 Å². The van der Waals surface area contributed by atoms with E-state index in [1.54, 1.807) is 18.4 Å². The van der Waals surface area contributed by atoms with Crippen LogP contribution in [0.1, 0.15) is 10.7 Å². The molecular formula is C8H14N2OS. The highest BCUT2D eigenvalue weighted by molar-refractivity contribution is 7.09. The van der Waals surface area contributed by atoms with Crippen LogP contribution < -0.4 is 5.32 Å². The molecule has 0 amide bonds. The van der Waals surface area contributed by atoms with Gasteiger partial charge in [-0.25, -0.2) is 4.98 Å². The molecule has 0 unspecified atom stereocenters. The molecule has 1 aromatic rings. The Bertz CT molecular complexity index is 225. The van der Waals surface area contributed by atoms with Crippen LogP contribution in [-0.4, -0.2) is 25.7 Å². The van der Waals surface area contributed by atoms with E-state index in [2.05, 4.69) is 15.7 Å². The fraction of sp³-hybridized carbons (Fsp3) is 0.625. The highest BCUT2D eigenvalue weighted by Crippen LogP contribution is 2.10. The molecule has 1 heterocycles. The number of hydrogen-bond donors (Lipinski definition) is 1. The number of methoxy groups -OCH3 is 1. The van der Waals surface area contributed by atoms with Gasteiger partial charge in [-0.15, -0.1) is 11.3 Å². The van der Waals surface area contributed by atoms with Crippen molar-refractivity contribution >= 4 is 11.3 Å². The van der Waals surface area contributed by atoms with E-state index in [1.165, 1.54) is 5.01 Å². The van der Waals surface area contributed by atoms with Gasteiger partial charge in [-0.3, -0.25) is 0 Å². The maximum atomic E-state index is 4.97. The van der Waals surface area contributed by atoms with Gasteiger partial charge in [0.25, 0.3) is 0 Å². The van der Waals surface area contributed by atoms with Gasteiger partial charge in [0.05, 0.1) is 17.3 Å².